The van der Waals surface area contributed by atoms with Crippen molar-refractivity contribution in [1.29, 1.82) is 0 Å². The van der Waals surface area contributed by atoms with Crippen LogP contribution in [-0.4, -0.2) is 193 Å². The molecule has 3 heterocycles. The lowest BCUT2D eigenvalue weighted by molar-refractivity contribution is -0.381. The fourth-order valence-corrected chi connectivity index (χ4v) is 4.43. The highest BCUT2D eigenvalue weighted by molar-refractivity contribution is 4.96. The van der Waals surface area contributed by atoms with Gasteiger partial charge in [-0.25, -0.2) is 0 Å². The second kappa shape index (κ2) is 14.4. The Labute approximate surface area is 221 Å². The summed E-state index contributed by atoms with van der Waals surface area (Å²) in [4.78, 5) is 0. The van der Waals surface area contributed by atoms with E-state index in [9.17, 15) is 56.2 Å². The lowest BCUT2D eigenvalue weighted by atomic mass is 9.96. The van der Waals surface area contributed by atoms with Crippen LogP contribution in [0.5, 0.6) is 0 Å². The monoisotopic (exact) mass is 578 g/mol. The first kappa shape index (κ1) is 32.8. The van der Waals surface area contributed by atoms with E-state index < -0.39 is 131 Å². The molecule has 230 valence electrons. The highest BCUT2D eigenvalue weighted by atomic mass is 16.8. The van der Waals surface area contributed by atoms with Crippen molar-refractivity contribution in [2.45, 2.75) is 98.2 Å². The van der Waals surface area contributed by atoms with Crippen LogP contribution in [0.3, 0.4) is 0 Å². The van der Waals surface area contributed by atoms with E-state index in [2.05, 4.69) is 0 Å². The molecule has 0 aromatic heterocycles. The molecule has 3 fully saturated rings. The molecule has 12 N–H and O–H groups in total. The van der Waals surface area contributed by atoms with E-state index in [1.54, 1.807) is 0 Å². The van der Waals surface area contributed by atoms with E-state index >= 15 is 0 Å². The van der Waals surface area contributed by atoms with E-state index in [0.29, 0.717) is 0 Å². The van der Waals surface area contributed by atoms with Crippen molar-refractivity contribution in [3.05, 3.63) is 0 Å². The average molecular weight is 579 g/mol. The summed E-state index contributed by atoms with van der Waals surface area (Å²) in [6.45, 7) is -3.57. The molecule has 16 atom stereocenters. The second-order valence-corrected chi connectivity index (χ2v) is 9.48. The van der Waals surface area contributed by atoms with Crippen molar-refractivity contribution in [2.24, 2.45) is 0 Å². The van der Waals surface area contributed by atoms with E-state index in [1.807, 2.05) is 0 Å². The smallest absolute Gasteiger partial charge is 0.187 e. The minimum Gasteiger partial charge on any atom is -0.394 e. The van der Waals surface area contributed by atoms with Gasteiger partial charge in [0.2, 0.25) is 0 Å². The molecule has 3 aliphatic heterocycles. The van der Waals surface area contributed by atoms with Crippen LogP contribution in [0.2, 0.25) is 0 Å². The maximum Gasteiger partial charge on any atom is 0.187 e. The van der Waals surface area contributed by atoms with Crippen LogP contribution in [0, 0.1) is 0 Å². The van der Waals surface area contributed by atoms with Gasteiger partial charge in [-0.1, -0.05) is 0 Å². The van der Waals surface area contributed by atoms with Gasteiger partial charge in [0.05, 0.1) is 33.0 Å². The number of rotatable bonds is 11. The summed E-state index contributed by atoms with van der Waals surface area (Å²) in [6, 6.07) is 0. The molecule has 0 radical (unpaired) electrons. The maximum absolute atomic E-state index is 10.9. The zero-order valence-corrected chi connectivity index (χ0v) is 20.6. The van der Waals surface area contributed by atoms with Gasteiger partial charge < -0.3 is 89.7 Å². The largest absolute Gasteiger partial charge is 0.394 e. The van der Waals surface area contributed by atoms with Crippen molar-refractivity contribution in [1.82, 2.24) is 0 Å². The SMILES string of the molecule is OCC(O)CO[C@@H]1O[C@H](CO)[C@@H](O)[C@H](O[C@@H]2O[C@H](CO)[C@@H](O)[C@H](O[C@H]3O[C@H](CO)[C@@H](O)[C@H](O)[C@H]3O)[C@H]2O)[C@H]1O. The number of aliphatic hydroxyl groups is 12. The van der Waals surface area contributed by atoms with E-state index in [1.165, 1.54) is 0 Å². The van der Waals surface area contributed by atoms with Crippen molar-refractivity contribution >= 4 is 0 Å². The van der Waals surface area contributed by atoms with Gasteiger partial charge in [-0.15, -0.1) is 0 Å². The third-order valence-electron chi connectivity index (χ3n) is 6.74. The molecule has 0 aliphatic carbocycles. The Hall–Kier alpha value is -0.720. The Morgan fingerprint density at radius 1 is 0.513 bits per heavy atom. The molecule has 1 unspecified atom stereocenters. The maximum atomic E-state index is 10.9. The predicted octanol–water partition coefficient (Wildman–Crippen LogP) is -8.20. The van der Waals surface area contributed by atoms with Gasteiger partial charge in [-0.05, 0) is 0 Å². The highest BCUT2D eigenvalue weighted by Gasteiger charge is 2.53. The number of aliphatic hydroxyl groups excluding tert-OH is 12. The fraction of sp³-hybridized carbons (Fsp3) is 1.00. The molecule has 3 rings (SSSR count). The summed E-state index contributed by atoms with van der Waals surface area (Å²) in [5, 5.41) is 120. The minimum atomic E-state index is -1.96. The fourth-order valence-electron chi connectivity index (χ4n) is 4.43. The second-order valence-electron chi connectivity index (χ2n) is 9.48. The Morgan fingerprint density at radius 2 is 0.923 bits per heavy atom. The molecule has 0 bridgehead atoms. The van der Waals surface area contributed by atoms with Crippen LogP contribution in [-0.2, 0) is 28.4 Å². The Balaban J connectivity index is 1.78. The van der Waals surface area contributed by atoms with Crippen LogP contribution < -0.4 is 0 Å². The number of hydrogen-bond acceptors (Lipinski definition) is 18. The van der Waals surface area contributed by atoms with E-state index in [0.717, 1.165) is 0 Å². The minimum absolute atomic E-state index is 0.504. The third kappa shape index (κ3) is 7.20. The van der Waals surface area contributed by atoms with Crippen molar-refractivity contribution in [2.75, 3.05) is 33.0 Å². The molecular formula is C21H38O18. The first-order chi connectivity index (χ1) is 18.5. The summed E-state index contributed by atoms with van der Waals surface area (Å²) >= 11 is 0. The first-order valence-corrected chi connectivity index (χ1v) is 12.3. The number of ether oxygens (including phenoxy) is 6. The zero-order valence-electron chi connectivity index (χ0n) is 20.6. The molecule has 0 aromatic rings. The van der Waals surface area contributed by atoms with Crippen LogP contribution >= 0.6 is 0 Å². The third-order valence-corrected chi connectivity index (χ3v) is 6.74. The quantitative estimate of drug-likeness (QED) is 0.108. The van der Waals surface area contributed by atoms with Gasteiger partial charge >= 0.3 is 0 Å². The molecule has 0 saturated carbocycles. The molecule has 3 aliphatic rings. The zero-order chi connectivity index (χ0) is 29.0. The lowest BCUT2D eigenvalue weighted by Gasteiger charge is -2.48. The van der Waals surface area contributed by atoms with Crippen LogP contribution in [0.15, 0.2) is 0 Å². The summed E-state index contributed by atoms with van der Waals surface area (Å²) < 4.78 is 32.2. The highest BCUT2D eigenvalue weighted by Crippen LogP contribution is 2.32. The molecule has 0 amide bonds. The van der Waals surface area contributed by atoms with Gasteiger partial charge in [0.25, 0.3) is 0 Å². The summed E-state index contributed by atoms with van der Waals surface area (Å²) in [5.41, 5.74) is 0. The first-order valence-electron chi connectivity index (χ1n) is 12.3. The van der Waals surface area contributed by atoms with Crippen LogP contribution in [0.4, 0.5) is 0 Å². The van der Waals surface area contributed by atoms with Crippen molar-refractivity contribution in [3.63, 3.8) is 0 Å². The van der Waals surface area contributed by atoms with E-state index in [4.69, 9.17) is 33.5 Å². The molecule has 18 heteroatoms. The van der Waals surface area contributed by atoms with Gasteiger partial charge in [-0.3, -0.25) is 0 Å². The van der Waals surface area contributed by atoms with Gasteiger partial charge in [0, 0.05) is 0 Å². The summed E-state index contributed by atoms with van der Waals surface area (Å²) in [6.07, 6.45) is -26.9. The van der Waals surface area contributed by atoms with Crippen molar-refractivity contribution < 1.29 is 89.7 Å². The van der Waals surface area contributed by atoms with Crippen molar-refractivity contribution in [3.8, 4) is 0 Å². The number of hydrogen-bond donors (Lipinski definition) is 12. The molecule has 39 heavy (non-hydrogen) atoms. The molecule has 0 aromatic carbocycles. The summed E-state index contributed by atoms with van der Waals surface area (Å²) in [7, 11) is 0. The predicted molar refractivity (Wildman–Crippen MR) is 118 cm³/mol. The van der Waals surface area contributed by atoms with Crippen LogP contribution in [0.1, 0.15) is 0 Å². The Bertz CT molecular complexity index is 731. The standard InChI is InChI=1S/C21H38O18/c22-1-6(26)5-34-19-15(32)17(11(28)8(3-24)35-19)39-21-16(33)18(12(29)9(4-25)37-21)38-20-14(31)13(30)10(27)7(2-23)36-20/h6-33H,1-5H2/t6?,7-,8-,9-,10-,11-,12-,13+,14-,15-,16-,17+,18+,19-,20-,21+/m1/s1. The average Bonchev–Trinajstić information content (AvgIpc) is 2.93. The molecular weight excluding hydrogens is 540 g/mol. The lowest BCUT2D eigenvalue weighted by Crippen LogP contribution is -2.67. The van der Waals surface area contributed by atoms with E-state index in [-0.39, 0.29) is 0 Å². The Kier molecular flexibility index (Phi) is 12.1. The van der Waals surface area contributed by atoms with Gasteiger partial charge in [-0.2, -0.15) is 0 Å². The Morgan fingerprint density at radius 3 is 1.38 bits per heavy atom. The topological polar surface area (TPSA) is 298 Å². The van der Waals surface area contributed by atoms with Gasteiger partial charge in [0.15, 0.2) is 18.9 Å². The van der Waals surface area contributed by atoms with Crippen LogP contribution in [0.25, 0.3) is 0 Å². The summed E-state index contributed by atoms with van der Waals surface area (Å²) in [5.74, 6) is 0. The molecule has 18 nitrogen and oxygen atoms in total. The van der Waals surface area contributed by atoms with Gasteiger partial charge in [0.1, 0.15) is 79.4 Å². The molecule has 3 saturated heterocycles. The molecule has 0 spiro atoms. The normalized spacial score (nSPS) is 48.2.